The number of aliphatic hydroxyl groups excluding tert-OH is 1. The van der Waals surface area contributed by atoms with Gasteiger partial charge in [-0.25, -0.2) is 0 Å². The first-order valence-electron chi connectivity index (χ1n) is 8.70. The Labute approximate surface area is 134 Å². The second kappa shape index (κ2) is 7.75. The number of nitrogens with zero attached hydrogens (tertiary/aromatic N) is 2. The van der Waals surface area contributed by atoms with Crippen LogP contribution in [0.25, 0.3) is 0 Å². The van der Waals surface area contributed by atoms with E-state index in [9.17, 15) is 9.90 Å². The van der Waals surface area contributed by atoms with Crippen molar-refractivity contribution in [2.24, 2.45) is 0 Å². The van der Waals surface area contributed by atoms with Gasteiger partial charge in [0.2, 0.25) is 0 Å². The lowest BCUT2D eigenvalue weighted by molar-refractivity contribution is -0.155. The van der Waals surface area contributed by atoms with E-state index in [1.54, 1.807) is 0 Å². The fraction of sp³-hybridized carbons (Fsp3) is 0.941. The van der Waals surface area contributed by atoms with Crippen LogP contribution in [0.15, 0.2) is 0 Å². The average molecular weight is 312 g/mol. The predicted octanol–water partition coefficient (Wildman–Crippen LogP) is 1.64. The third-order valence-corrected chi connectivity index (χ3v) is 4.68. The largest absolute Gasteiger partial charge is 0.460 e. The lowest BCUT2D eigenvalue weighted by Gasteiger charge is -2.31. The number of ether oxygens (including phenoxy) is 1. The molecule has 0 bridgehead atoms. The summed E-state index contributed by atoms with van der Waals surface area (Å²) in [6.45, 7) is 9.98. The minimum atomic E-state index is -0.397. The Morgan fingerprint density at radius 1 is 1.14 bits per heavy atom. The Morgan fingerprint density at radius 3 is 2.41 bits per heavy atom. The zero-order valence-corrected chi connectivity index (χ0v) is 14.4. The van der Waals surface area contributed by atoms with E-state index < -0.39 is 5.60 Å². The van der Waals surface area contributed by atoms with E-state index in [4.69, 9.17) is 4.74 Å². The normalized spacial score (nSPS) is 27.5. The van der Waals surface area contributed by atoms with E-state index in [0.29, 0.717) is 18.5 Å². The van der Waals surface area contributed by atoms with Gasteiger partial charge in [-0.05, 0) is 59.5 Å². The van der Waals surface area contributed by atoms with Crippen LogP contribution in [0, 0.1) is 0 Å². The van der Waals surface area contributed by atoms with Gasteiger partial charge in [0.25, 0.3) is 0 Å². The Kier molecular flexibility index (Phi) is 6.24. The van der Waals surface area contributed by atoms with Crippen molar-refractivity contribution in [2.75, 3.05) is 32.8 Å². The monoisotopic (exact) mass is 312 g/mol. The van der Waals surface area contributed by atoms with Gasteiger partial charge in [0.05, 0.1) is 13.0 Å². The quantitative estimate of drug-likeness (QED) is 0.756. The molecule has 2 fully saturated rings. The van der Waals surface area contributed by atoms with E-state index in [1.165, 1.54) is 19.3 Å². The third-order valence-electron chi connectivity index (χ3n) is 4.68. The number of hydrogen-bond acceptors (Lipinski definition) is 5. The summed E-state index contributed by atoms with van der Waals surface area (Å²) in [5.74, 6) is -0.104. The van der Waals surface area contributed by atoms with Crippen LogP contribution in [0.1, 0.15) is 52.9 Å². The zero-order valence-electron chi connectivity index (χ0n) is 14.4. The molecule has 2 saturated heterocycles. The van der Waals surface area contributed by atoms with E-state index in [0.717, 1.165) is 32.6 Å². The first kappa shape index (κ1) is 17.7. The second-order valence-corrected chi connectivity index (χ2v) is 7.64. The summed E-state index contributed by atoms with van der Waals surface area (Å²) in [6, 6.07) is 0.864. The number of carbonyl (C=O) groups excluding carboxylic acids is 1. The van der Waals surface area contributed by atoms with E-state index >= 15 is 0 Å². The van der Waals surface area contributed by atoms with Gasteiger partial charge < -0.3 is 9.84 Å². The van der Waals surface area contributed by atoms with Crippen molar-refractivity contribution in [3.8, 4) is 0 Å². The van der Waals surface area contributed by atoms with Crippen LogP contribution in [-0.2, 0) is 9.53 Å². The average Bonchev–Trinajstić information content (AvgIpc) is 3.04. The highest BCUT2D eigenvalue weighted by molar-refractivity contribution is 5.70. The molecule has 128 valence electrons. The van der Waals surface area contributed by atoms with Gasteiger partial charge in [0.15, 0.2) is 0 Å². The molecule has 0 aliphatic carbocycles. The van der Waals surface area contributed by atoms with Crippen LogP contribution < -0.4 is 0 Å². The number of rotatable bonds is 6. The molecule has 0 aromatic rings. The predicted molar refractivity (Wildman–Crippen MR) is 86.7 cm³/mol. The summed E-state index contributed by atoms with van der Waals surface area (Å²) >= 11 is 0. The topological polar surface area (TPSA) is 53.0 Å². The maximum atomic E-state index is 11.9. The molecule has 0 radical (unpaired) electrons. The Morgan fingerprint density at radius 2 is 1.77 bits per heavy atom. The van der Waals surface area contributed by atoms with Gasteiger partial charge in [0, 0.05) is 25.2 Å². The summed E-state index contributed by atoms with van der Waals surface area (Å²) < 4.78 is 5.39. The van der Waals surface area contributed by atoms with Gasteiger partial charge in [-0.3, -0.25) is 14.6 Å². The molecule has 22 heavy (non-hydrogen) atoms. The molecule has 2 unspecified atom stereocenters. The summed E-state index contributed by atoms with van der Waals surface area (Å²) in [4.78, 5) is 16.7. The van der Waals surface area contributed by atoms with Crippen molar-refractivity contribution >= 4 is 5.97 Å². The Balaban J connectivity index is 1.77. The van der Waals surface area contributed by atoms with E-state index in [1.807, 2.05) is 20.8 Å². The standard InChI is InChI=1S/C17H32N2O3/c1-17(2,3)22-16(21)8-11-18-9-4-6-14(18)12-19-10-5-7-15(19)13-20/h14-15,20H,4-13H2,1-3H3. The van der Waals surface area contributed by atoms with Gasteiger partial charge in [-0.2, -0.15) is 0 Å². The number of esters is 1. The van der Waals surface area contributed by atoms with E-state index in [2.05, 4.69) is 9.80 Å². The number of hydrogen-bond donors (Lipinski definition) is 1. The SMILES string of the molecule is CC(C)(C)OC(=O)CCN1CCCC1CN1CCCC1CO. The molecule has 2 rings (SSSR count). The van der Waals surface area contributed by atoms with Gasteiger partial charge in [-0.15, -0.1) is 0 Å². The summed E-state index contributed by atoms with van der Waals surface area (Å²) in [7, 11) is 0. The lowest BCUT2D eigenvalue weighted by Crippen LogP contribution is -2.44. The molecule has 2 heterocycles. The zero-order chi connectivity index (χ0) is 16.2. The highest BCUT2D eigenvalue weighted by Crippen LogP contribution is 2.23. The van der Waals surface area contributed by atoms with E-state index in [-0.39, 0.29) is 12.6 Å². The summed E-state index contributed by atoms with van der Waals surface area (Å²) in [5.41, 5.74) is -0.397. The smallest absolute Gasteiger partial charge is 0.307 e. The Hall–Kier alpha value is -0.650. The van der Waals surface area contributed by atoms with Crippen molar-refractivity contribution in [2.45, 2.75) is 70.6 Å². The molecule has 0 aromatic heterocycles. The molecule has 0 spiro atoms. The van der Waals surface area contributed by atoms with Crippen LogP contribution in [0.3, 0.4) is 0 Å². The van der Waals surface area contributed by atoms with Gasteiger partial charge >= 0.3 is 5.97 Å². The van der Waals surface area contributed by atoms with Crippen LogP contribution in [0.5, 0.6) is 0 Å². The number of likely N-dealkylation sites (tertiary alicyclic amines) is 2. The molecular formula is C17H32N2O3. The molecular weight excluding hydrogens is 280 g/mol. The molecule has 5 nitrogen and oxygen atoms in total. The third kappa shape index (κ3) is 5.21. The van der Waals surface area contributed by atoms with Crippen molar-refractivity contribution in [1.82, 2.24) is 9.80 Å². The fourth-order valence-corrected chi connectivity index (χ4v) is 3.64. The number of aliphatic hydroxyl groups is 1. The van der Waals surface area contributed by atoms with Crippen LogP contribution in [0.4, 0.5) is 0 Å². The molecule has 2 atom stereocenters. The first-order valence-corrected chi connectivity index (χ1v) is 8.70. The minimum absolute atomic E-state index is 0.104. The maximum absolute atomic E-state index is 11.9. The maximum Gasteiger partial charge on any atom is 0.307 e. The lowest BCUT2D eigenvalue weighted by atomic mass is 10.1. The highest BCUT2D eigenvalue weighted by atomic mass is 16.6. The molecule has 1 N–H and O–H groups in total. The number of carbonyl (C=O) groups is 1. The molecule has 2 aliphatic rings. The van der Waals surface area contributed by atoms with Crippen LogP contribution in [0.2, 0.25) is 0 Å². The Bertz CT molecular complexity index is 367. The summed E-state index contributed by atoms with van der Waals surface area (Å²) in [5, 5.41) is 9.44. The van der Waals surface area contributed by atoms with Crippen molar-refractivity contribution in [3.05, 3.63) is 0 Å². The molecule has 0 saturated carbocycles. The van der Waals surface area contributed by atoms with Crippen molar-refractivity contribution in [3.63, 3.8) is 0 Å². The highest BCUT2D eigenvalue weighted by Gasteiger charge is 2.31. The first-order chi connectivity index (χ1) is 10.4. The molecule has 5 heteroatoms. The molecule has 2 aliphatic heterocycles. The fourth-order valence-electron chi connectivity index (χ4n) is 3.64. The van der Waals surface area contributed by atoms with Crippen molar-refractivity contribution < 1.29 is 14.6 Å². The summed E-state index contributed by atoms with van der Waals surface area (Å²) in [6.07, 6.45) is 5.17. The molecule has 0 aromatic carbocycles. The van der Waals surface area contributed by atoms with Crippen LogP contribution in [-0.4, -0.2) is 71.3 Å². The van der Waals surface area contributed by atoms with Crippen LogP contribution >= 0.6 is 0 Å². The van der Waals surface area contributed by atoms with Gasteiger partial charge in [0.1, 0.15) is 5.60 Å². The van der Waals surface area contributed by atoms with Gasteiger partial charge in [-0.1, -0.05) is 0 Å². The minimum Gasteiger partial charge on any atom is -0.460 e. The van der Waals surface area contributed by atoms with Crippen molar-refractivity contribution in [1.29, 1.82) is 0 Å². The molecule has 0 amide bonds. The second-order valence-electron chi connectivity index (χ2n) is 7.64.